The molecule has 1 unspecified atom stereocenters. The molecule has 146 valence electrons. The highest BCUT2D eigenvalue weighted by atomic mass is 35.5. The van der Waals surface area contributed by atoms with E-state index in [2.05, 4.69) is 5.32 Å². The topological polar surface area (TPSA) is 75.7 Å². The van der Waals surface area contributed by atoms with Crippen LogP contribution in [-0.2, 0) is 14.8 Å². The first kappa shape index (κ1) is 21.2. The maximum absolute atomic E-state index is 12.8. The van der Waals surface area contributed by atoms with Crippen LogP contribution in [0.4, 0.5) is 0 Å². The van der Waals surface area contributed by atoms with Crippen LogP contribution in [0, 0.1) is 6.92 Å². The summed E-state index contributed by atoms with van der Waals surface area (Å²) in [5.41, 5.74) is 1.65. The van der Waals surface area contributed by atoms with Gasteiger partial charge < -0.3 is 10.1 Å². The van der Waals surface area contributed by atoms with E-state index >= 15 is 0 Å². The first-order valence-electron chi connectivity index (χ1n) is 8.31. The van der Waals surface area contributed by atoms with E-state index < -0.39 is 15.9 Å². The van der Waals surface area contributed by atoms with Crippen molar-refractivity contribution in [2.24, 2.45) is 0 Å². The molecule has 0 bridgehead atoms. The summed E-state index contributed by atoms with van der Waals surface area (Å²) >= 11 is 5.86. The lowest BCUT2D eigenvalue weighted by Gasteiger charge is -2.20. The molecule has 1 atom stereocenters. The third kappa shape index (κ3) is 5.22. The summed E-state index contributed by atoms with van der Waals surface area (Å²) in [5.74, 6) is -0.169. The minimum absolute atomic E-state index is 0.0334. The van der Waals surface area contributed by atoms with Crippen molar-refractivity contribution < 1.29 is 17.9 Å². The van der Waals surface area contributed by atoms with Gasteiger partial charge in [0, 0.05) is 12.1 Å². The van der Waals surface area contributed by atoms with Crippen molar-refractivity contribution in [3.05, 3.63) is 58.6 Å². The number of methoxy groups -OCH3 is 1. The van der Waals surface area contributed by atoms with E-state index in [9.17, 15) is 13.2 Å². The Labute approximate surface area is 165 Å². The normalized spacial score (nSPS) is 12.7. The number of carbonyl (C=O) groups is 1. The summed E-state index contributed by atoms with van der Waals surface area (Å²) in [4.78, 5) is 12.4. The highest BCUT2D eigenvalue weighted by Gasteiger charge is 2.27. The van der Waals surface area contributed by atoms with Crippen LogP contribution in [0.2, 0.25) is 5.02 Å². The SMILES string of the molecule is COc1ccc(C)cc1S(=O)(=O)N(C)CC(=O)NC(C)c1ccc(Cl)cc1. The average molecular weight is 411 g/mol. The summed E-state index contributed by atoms with van der Waals surface area (Å²) in [6.45, 7) is 3.30. The third-order valence-electron chi connectivity index (χ3n) is 4.12. The molecular weight excluding hydrogens is 388 g/mol. The second kappa shape index (κ2) is 8.73. The molecule has 0 aliphatic heterocycles. The van der Waals surface area contributed by atoms with Crippen molar-refractivity contribution in [3.8, 4) is 5.75 Å². The van der Waals surface area contributed by atoms with Crippen LogP contribution in [0.25, 0.3) is 0 Å². The van der Waals surface area contributed by atoms with E-state index in [4.69, 9.17) is 16.3 Å². The number of sulfonamides is 1. The second-order valence-electron chi connectivity index (χ2n) is 6.26. The van der Waals surface area contributed by atoms with Crippen molar-refractivity contribution >= 4 is 27.5 Å². The molecule has 2 aromatic rings. The highest BCUT2D eigenvalue weighted by molar-refractivity contribution is 7.89. The molecule has 0 aliphatic carbocycles. The van der Waals surface area contributed by atoms with Gasteiger partial charge in [-0.3, -0.25) is 4.79 Å². The molecule has 0 aliphatic rings. The predicted octanol–water partition coefficient (Wildman–Crippen LogP) is 3.15. The number of nitrogens with one attached hydrogen (secondary N) is 1. The zero-order valence-corrected chi connectivity index (χ0v) is 17.3. The van der Waals surface area contributed by atoms with Gasteiger partial charge in [-0.05, 0) is 49.2 Å². The quantitative estimate of drug-likeness (QED) is 0.760. The fraction of sp³-hybridized carbons (Fsp3) is 0.316. The Kier molecular flexibility index (Phi) is 6.86. The Morgan fingerprint density at radius 2 is 1.85 bits per heavy atom. The summed E-state index contributed by atoms with van der Waals surface area (Å²) in [6.07, 6.45) is 0. The molecule has 0 radical (unpaired) electrons. The van der Waals surface area contributed by atoms with Gasteiger partial charge >= 0.3 is 0 Å². The molecule has 8 heteroatoms. The van der Waals surface area contributed by atoms with Gasteiger partial charge in [0.05, 0.1) is 19.7 Å². The molecule has 1 amide bonds. The number of aryl methyl sites for hydroxylation is 1. The van der Waals surface area contributed by atoms with Crippen molar-refractivity contribution in [1.82, 2.24) is 9.62 Å². The van der Waals surface area contributed by atoms with E-state index in [1.54, 1.807) is 31.2 Å². The van der Waals surface area contributed by atoms with E-state index in [-0.39, 0.29) is 23.2 Å². The number of hydrogen-bond acceptors (Lipinski definition) is 4. The first-order valence-corrected chi connectivity index (χ1v) is 10.1. The van der Waals surface area contributed by atoms with E-state index in [0.717, 1.165) is 15.4 Å². The van der Waals surface area contributed by atoms with Gasteiger partial charge in [-0.25, -0.2) is 8.42 Å². The molecule has 2 rings (SSSR count). The van der Waals surface area contributed by atoms with Crippen LogP contribution in [-0.4, -0.2) is 39.3 Å². The van der Waals surface area contributed by atoms with Gasteiger partial charge in [0.15, 0.2) is 0 Å². The molecule has 27 heavy (non-hydrogen) atoms. The summed E-state index contributed by atoms with van der Waals surface area (Å²) in [5, 5.41) is 3.40. The van der Waals surface area contributed by atoms with Crippen LogP contribution >= 0.6 is 11.6 Å². The zero-order chi connectivity index (χ0) is 20.2. The van der Waals surface area contributed by atoms with E-state index in [0.29, 0.717) is 5.02 Å². The van der Waals surface area contributed by atoms with Crippen LogP contribution in [0.1, 0.15) is 24.1 Å². The van der Waals surface area contributed by atoms with E-state index in [1.807, 2.05) is 19.1 Å². The van der Waals surface area contributed by atoms with Gasteiger partial charge in [0.25, 0.3) is 0 Å². The van der Waals surface area contributed by atoms with E-state index in [1.165, 1.54) is 20.2 Å². The lowest BCUT2D eigenvalue weighted by Crippen LogP contribution is -2.39. The predicted molar refractivity (Wildman–Crippen MR) is 106 cm³/mol. The summed E-state index contributed by atoms with van der Waals surface area (Å²) < 4.78 is 31.9. The van der Waals surface area contributed by atoms with Crippen LogP contribution < -0.4 is 10.1 Å². The molecule has 2 aromatic carbocycles. The standard InChI is InChI=1S/C19H23ClN2O4S/c1-13-5-10-17(26-4)18(11-13)27(24,25)22(3)12-19(23)21-14(2)15-6-8-16(20)9-7-15/h5-11,14H,12H2,1-4H3,(H,21,23). The molecule has 0 fully saturated rings. The number of likely N-dealkylation sites (N-methyl/N-ethyl adjacent to an activating group) is 1. The minimum atomic E-state index is -3.88. The van der Waals surface area contributed by atoms with Crippen LogP contribution in [0.5, 0.6) is 5.75 Å². The molecule has 0 heterocycles. The largest absolute Gasteiger partial charge is 0.495 e. The van der Waals surface area contributed by atoms with Crippen molar-refractivity contribution in [1.29, 1.82) is 0 Å². The summed E-state index contributed by atoms with van der Waals surface area (Å²) in [6, 6.07) is 11.7. The molecule has 0 saturated heterocycles. The summed E-state index contributed by atoms with van der Waals surface area (Å²) in [7, 11) is -1.10. The number of carbonyl (C=O) groups excluding carboxylic acids is 1. The number of rotatable bonds is 7. The Bertz CT molecular complexity index is 914. The highest BCUT2D eigenvalue weighted by Crippen LogP contribution is 2.27. The zero-order valence-electron chi connectivity index (χ0n) is 15.7. The van der Waals surface area contributed by atoms with Gasteiger partial charge in [-0.1, -0.05) is 29.8 Å². The number of nitrogens with zero attached hydrogens (tertiary/aromatic N) is 1. The molecule has 0 spiro atoms. The lowest BCUT2D eigenvalue weighted by atomic mass is 10.1. The Morgan fingerprint density at radius 3 is 2.44 bits per heavy atom. The lowest BCUT2D eigenvalue weighted by molar-refractivity contribution is -0.121. The number of halogens is 1. The van der Waals surface area contributed by atoms with Gasteiger partial charge in [0.2, 0.25) is 15.9 Å². The van der Waals surface area contributed by atoms with Gasteiger partial charge in [0.1, 0.15) is 10.6 Å². The fourth-order valence-corrected chi connectivity index (χ4v) is 4.05. The molecule has 0 saturated carbocycles. The smallest absolute Gasteiger partial charge is 0.246 e. The Balaban J connectivity index is 2.11. The molecule has 1 N–H and O–H groups in total. The number of benzene rings is 2. The maximum atomic E-state index is 12.8. The molecule has 6 nitrogen and oxygen atoms in total. The number of amides is 1. The molecule has 0 aromatic heterocycles. The van der Waals surface area contributed by atoms with Crippen molar-refractivity contribution in [2.75, 3.05) is 20.7 Å². The Morgan fingerprint density at radius 1 is 1.22 bits per heavy atom. The molecular formula is C19H23ClN2O4S. The maximum Gasteiger partial charge on any atom is 0.246 e. The number of ether oxygens (including phenoxy) is 1. The fourth-order valence-electron chi connectivity index (χ4n) is 2.56. The minimum Gasteiger partial charge on any atom is -0.495 e. The Hall–Kier alpha value is -2.09. The average Bonchev–Trinajstić information content (AvgIpc) is 2.61. The van der Waals surface area contributed by atoms with Crippen molar-refractivity contribution in [3.63, 3.8) is 0 Å². The number of hydrogen-bond donors (Lipinski definition) is 1. The third-order valence-corrected chi connectivity index (χ3v) is 6.20. The van der Waals surface area contributed by atoms with Crippen molar-refractivity contribution in [2.45, 2.75) is 24.8 Å². The second-order valence-corrected chi connectivity index (χ2v) is 8.71. The van der Waals surface area contributed by atoms with Gasteiger partial charge in [-0.15, -0.1) is 0 Å². The van der Waals surface area contributed by atoms with Crippen LogP contribution in [0.15, 0.2) is 47.4 Å². The van der Waals surface area contributed by atoms with Crippen LogP contribution in [0.3, 0.4) is 0 Å². The van der Waals surface area contributed by atoms with Gasteiger partial charge in [-0.2, -0.15) is 4.31 Å². The monoisotopic (exact) mass is 410 g/mol. The first-order chi connectivity index (χ1) is 12.6.